The third kappa shape index (κ3) is 12.8. The number of aryl methyl sites for hydroxylation is 1. The maximum Gasteiger partial charge on any atom is 0.297 e. The maximum absolute atomic E-state index is 12.3. The SMILES string of the molecule is Cc1ccc(S(=O)(=O)OC(C)CCCCCCCCCCCCCO[Si](C)(C)C(C)(C)C)cc1. The quantitative estimate of drug-likeness (QED) is 0.112. The normalized spacial score (nSPS) is 13.9. The van der Waals surface area contributed by atoms with Gasteiger partial charge in [-0.2, -0.15) is 8.42 Å². The van der Waals surface area contributed by atoms with E-state index < -0.39 is 18.4 Å². The lowest BCUT2D eigenvalue weighted by atomic mass is 10.0. The van der Waals surface area contributed by atoms with Crippen LogP contribution in [0.4, 0.5) is 0 Å². The van der Waals surface area contributed by atoms with E-state index in [1.165, 1.54) is 57.8 Å². The van der Waals surface area contributed by atoms with Gasteiger partial charge in [0.05, 0.1) is 11.0 Å². The van der Waals surface area contributed by atoms with Crippen molar-refractivity contribution in [2.24, 2.45) is 0 Å². The Kier molecular flexibility index (Phi) is 14.2. The second-order valence-corrected chi connectivity index (χ2v) is 17.8. The average Bonchev–Trinajstić information content (AvgIpc) is 2.73. The van der Waals surface area contributed by atoms with Gasteiger partial charge < -0.3 is 4.43 Å². The minimum absolute atomic E-state index is 0.240. The number of hydrogen-bond donors (Lipinski definition) is 0. The fourth-order valence-corrected chi connectivity index (χ4v) is 5.89. The zero-order valence-corrected chi connectivity index (χ0v) is 24.9. The number of hydrogen-bond acceptors (Lipinski definition) is 4. The van der Waals surface area contributed by atoms with Gasteiger partial charge in [-0.1, -0.05) is 103 Å². The van der Waals surface area contributed by atoms with E-state index in [0.717, 1.165) is 31.4 Å². The molecule has 4 nitrogen and oxygen atoms in total. The van der Waals surface area contributed by atoms with Gasteiger partial charge in [0.25, 0.3) is 10.1 Å². The molecule has 0 heterocycles. The highest BCUT2D eigenvalue weighted by molar-refractivity contribution is 7.86. The molecule has 0 aromatic heterocycles. The Morgan fingerprint density at radius 3 is 1.71 bits per heavy atom. The first kappa shape index (κ1) is 31.3. The van der Waals surface area contributed by atoms with Crippen molar-refractivity contribution in [2.45, 2.75) is 141 Å². The molecule has 34 heavy (non-hydrogen) atoms. The molecular formula is C28H52O4SSi. The molecule has 0 saturated heterocycles. The smallest absolute Gasteiger partial charge is 0.297 e. The van der Waals surface area contributed by atoms with Crippen LogP contribution in [0.5, 0.6) is 0 Å². The summed E-state index contributed by atoms with van der Waals surface area (Å²) in [4.78, 5) is 0.240. The fraction of sp³-hybridized carbons (Fsp3) is 0.786. The topological polar surface area (TPSA) is 52.6 Å². The summed E-state index contributed by atoms with van der Waals surface area (Å²) < 4.78 is 36.3. The van der Waals surface area contributed by atoms with Crippen molar-refractivity contribution >= 4 is 18.4 Å². The molecule has 0 aliphatic heterocycles. The molecule has 0 saturated carbocycles. The number of benzene rings is 1. The van der Waals surface area contributed by atoms with Crippen molar-refractivity contribution in [3.8, 4) is 0 Å². The van der Waals surface area contributed by atoms with Crippen LogP contribution in [0.2, 0.25) is 18.1 Å². The number of unbranched alkanes of at least 4 members (excludes halogenated alkanes) is 10. The summed E-state index contributed by atoms with van der Waals surface area (Å²) in [6.45, 7) is 16.3. The zero-order chi connectivity index (χ0) is 25.7. The highest BCUT2D eigenvalue weighted by Gasteiger charge is 2.36. The summed E-state index contributed by atoms with van der Waals surface area (Å²) in [5.41, 5.74) is 1.04. The van der Waals surface area contributed by atoms with E-state index in [1.54, 1.807) is 24.3 Å². The first-order chi connectivity index (χ1) is 15.8. The van der Waals surface area contributed by atoms with Gasteiger partial charge in [-0.3, -0.25) is 4.18 Å². The summed E-state index contributed by atoms with van der Waals surface area (Å²) in [5, 5.41) is 0.307. The van der Waals surface area contributed by atoms with E-state index >= 15 is 0 Å². The van der Waals surface area contributed by atoms with Crippen LogP contribution in [-0.4, -0.2) is 29.4 Å². The molecule has 0 bridgehead atoms. The van der Waals surface area contributed by atoms with Gasteiger partial charge in [-0.05, 0) is 57.0 Å². The van der Waals surface area contributed by atoms with Crippen molar-refractivity contribution in [3.63, 3.8) is 0 Å². The molecule has 0 spiro atoms. The lowest BCUT2D eigenvalue weighted by Crippen LogP contribution is -2.40. The van der Waals surface area contributed by atoms with E-state index in [1.807, 2.05) is 13.8 Å². The van der Waals surface area contributed by atoms with Gasteiger partial charge in [0.2, 0.25) is 0 Å². The van der Waals surface area contributed by atoms with Crippen molar-refractivity contribution in [3.05, 3.63) is 29.8 Å². The van der Waals surface area contributed by atoms with E-state index in [0.29, 0.717) is 5.04 Å². The van der Waals surface area contributed by atoms with E-state index in [2.05, 4.69) is 33.9 Å². The summed E-state index contributed by atoms with van der Waals surface area (Å²) >= 11 is 0. The molecule has 1 aromatic carbocycles. The highest BCUT2D eigenvalue weighted by Crippen LogP contribution is 2.36. The first-order valence-corrected chi connectivity index (χ1v) is 17.8. The van der Waals surface area contributed by atoms with Gasteiger partial charge in [0.15, 0.2) is 8.32 Å². The van der Waals surface area contributed by atoms with Gasteiger partial charge in [-0.15, -0.1) is 0 Å². The van der Waals surface area contributed by atoms with Crippen molar-refractivity contribution in [1.82, 2.24) is 0 Å². The highest BCUT2D eigenvalue weighted by atomic mass is 32.2. The summed E-state index contributed by atoms with van der Waals surface area (Å²) in [6, 6.07) is 6.82. The largest absolute Gasteiger partial charge is 0.417 e. The Morgan fingerprint density at radius 1 is 0.794 bits per heavy atom. The van der Waals surface area contributed by atoms with Crippen molar-refractivity contribution in [2.75, 3.05) is 6.61 Å². The molecule has 0 aliphatic rings. The van der Waals surface area contributed by atoms with Crippen LogP contribution >= 0.6 is 0 Å². The van der Waals surface area contributed by atoms with Crippen LogP contribution in [0.1, 0.15) is 110 Å². The Labute approximate surface area is 212 Å². The molecule has 0 amide bonds. The molecule has 0 radical (unpaired) electrons. The second kappa shape index (κ2) is 15.4. The monoisotopic (exact) mass is 512 g/mol. The van der Waals surface area contributed by atoms with Gasteiger partial charge in [-0.25, -0.2) is 0 Å². The number of rotatable bonds is 18. The molecule has 1 unspecified atom stereocenters. The lowest BCUT2D eigenvalue weighted by Gasteiger charge is -2.36. The molecule has 0 fully saturated rings. The van der Waals surface area contributed by atoms with Gasteiger partial charge in [0.1, 0.15) is 0 Å². The van der Waals surface area contributed by atoms with E-state index in [-0.39, 0.29) is 11.0 Å². The Balaban J connectivity index is 1.96. The summed E-state index contributed by atoms with van der Waals surface area (Å²) in [5.74, 6) is 0. The molecule has 1 aromatic rings. The van der Waals surface area contributed by atoms with Crippen LogP contribution in [0.25, 0.3) is 0 Å². The average molecular weight is 513 g/mol. The Bertz CT molecular complexity index is 767. The molecular weight excluding hydrogens is 460 g/mol. The molecule has 0 N–H and O–H groups in total. The molecule has 6 heteroatoms. The van der Waals surface area contributed by atoms with Crippen molar-refractivity contribution < 1.29 is 17.0 Å². The minimum atomic E-state index is -3.66. The predicted molar refractivity (Wildman–Crippen MR) is 147 cm³/mol. The molecule has 198 valence electrons. The Hall–Kier alpha value is -0.693. The third-order valence-corrected chi connectivity index (χ3v) is 13.1. The summed E-state index contributed by atoms with van der Waals surface area (Å²) in [7, 11) is -5.23. The van der Waals surface area contributed by atoms with Gasteiger partial charge in [0, 0.05) is 6.61 Å². The maximum atomic E-state index is 12.3. The van der Waals surface area contributed by atoms with Crippen LogP contribution in [0.3, 0.4) is 0 Å². The van der Waals surface area contributed by atoms with Crippen LogP contribution in [0, 0.1) is 6.92 Å². The summed E-state index contributed by atoms with van der Waals surface area (Å²) in [6.07, 6.45) is 14.3. The Morgan fingerprint density at radius 2 is 1.24 bits per heavy atom. The van der Waals surface area contributed by atoms with Crippen LogP contribution in [0.15, 0.2) is 29.2 Å². The lowest BCUT2D eigenvalue weighted by molar-refractivity contribution is 0.213. The van der Waals surface area contributed by atoms with E-state index in [4.69, 9.17) is 8.61 Å². The minimum Gasteiger partial charge on any atom is -0.417 e. The van der Waals surface area contributed by atoms with Crippen LogP contribution < -0.4 is 0 Å². The standard InChI is InChI=1S/C28H52O4SSi/c1-25-20-22-27(23-21-25)33(29,30)32-26(2)19-17-15-13-11-9-8-10-12-14-16-18-24-31-34(6,7)28(3,4)5/h20-23,26H,8-19,24H2,1-7H3. The zero-order valence-electron chi connectivity index (χ0n) is 23.1. The predicted octanol–water partition coefficient (Wildman–Crippen LogP) is 8.79. The molecule has 0 aliphatic carbocycles. The first-order valence-electron chi connectivity index (χ1n) is 13.5. The third-order valence-electron chi connectivity index (χ3n) is 7.12. The molecule has 1 rings (SSSR count). The van der Waals surface area contributed by atoms with Crippen LogP contribution in [-0.2, 0) is 18.7 Å². The molecule has 1 atom stereocenters. The van der Waals surface area contributed by atoms with Crippen molar-refractivity contribution in [1.29, 1.82) is 0 Å². The fourth-order valence-electron chi connectivity index (χ4n) is 3.69. The van der Waals surface area contributed by atoms with Gasteiger partial charge >= 0.3 is 0 Å². The van der Waals surface area contributed by atoms with E-state index in [9.17, 15) is 8.42 Å². The second-order valence-electron chi connectivity index (χ2n) is 11.5.